The number of methoxy groups -OCH3 is 1. The number of carbonyl (C=O) groups is 2. The van der Waals surface area contributed by atoms with E-state index in [1.807, 2.05) is 0 Å². The van der Waals surface area contributed by atoms with E-state index >= 15 is 0 Å². The molecule has 0 aliphatic carbocycles. The second-order valence-electron chi connectivity index (χ2n) is 2.77. The second kappa shape index (κ2) is 5.06. The van der Waals surface area contributed by atoms with Crippen LogP contribution in [-0.4, -0.2) is 24.2 Å². The smallest absolute Gasteiger partial charge is 0.437 e. The van der Waals surface area contributed by atoms with Crippen molar-refractivity contribution in [2.45, 2.75) is 6.42 Å². The van der Waals surface area contributed by atoms with E-state index in [0.29, 0.717) is 0 Å². The van der Waals surface area contributed by atoms with Crippen LogP contribution in [0, 0.1) is 5.82 Å². The van der Waals surface area contributed by atoms with Crippen molar-refractivity contribution >= 4 is 12.1 Å². The van der Waals surface area contributed by atoms with E-state index in [0.717, 1.165) is 13.2 Å². The van der Waals surface area contributed by atoms with Crippen molar-refractivity contribution in [3.05, 3.63) is 23.8 Å². The Morgan fingerprint density at radius 1 is 1.56 bits per heavy atom. The molecule has 1 aromatic heterocycles. The highest BCUT2D eigenvalue weighted by Gasteiger charge is 2.15. The highest BCUT2D eigenvalue weighted by Crippen LogP contribution is 2.19. The van der Waals surface area contributed by atoms with Crippen molar-refractivity contribution in [1.82, 2.24) is 4.98 Å². The third kappa shape index (κ3) is 2.91. The molecule has 0 bridgehead atoms. The zero-order chi connectivity index (χ0) is 12.1. The average Bonchev–Trinajstić information content (AvgIpc) is 2.23. The Hall–Kier alpha value is -2.18. The lowest BCUT2D eigenvalue weighted by Gasteiger charge is -2.05. The summed E-state index contributed by atoms with van der Waals surface area (Å²) >= 11 is 0. The fourth-order valence-corrected chi connectivity index (χ4v) is 0.966. The largest absolute Gasteiger partial charge is 0.513 e. The SMILES string of the molecule is COC(=O)Oc1ccnc(CC(N)=O)c1F. The predicted molar refractivity (Wildman–Crippen MR) is 50.1 cm³/mol. The van der Waals surface area contributed by atoms with Gasteiger partial charge in [0.05, 0.1) is 19.2 Å². The molecule has 1 heterocycles. The fourth-order valence-electron chi connectivity index (χ4n) is 0.966. The molecule has 0 saturated heterocycles. The number of nitrogens with two attached hydrogens (primary N) is 1. The standard InChI is InChI=1S/C9H9FN2O4/c1-15-9(14)16-6-2-3-12-5(8(6)10)4-7(11)13/h2-3H,4H2,1H3,(H2,11,13). The van der Waals surface area contributed by atoms with Crippen LogP contribution in [0.3, 0.4) is 0 Å². The number of primary amides is 1. The highest BCUT2D eigenvalue weighted by molar-refractivity contribution is 5.76. The Labute approximate surface area is 90.2 Å². The Kier molecular flexibility index (Phi) is 3.76. The maximum Gasteiger partial charge on any atom is 0.513 e. The van der Waals surface area contributed by atoms with E-state index in [4.69, 9.17) is 5.73 Å². The Morgan fingerprint density at radius 2 is 2.25 bits per heavy atom. The maximum absolute atomic E-state index is 13.5. The number of hydrogen-bond acceptors (Lipinski definition) is 5. The Balaban J connectivity index is 2.94. The number of ether oxygens (including phenoxy) is 2. The van der Waals surface area contributed by atoms with Crippen LogP contribution in [0.4, 0.5) is 9.18 Å². The summed E-state index contributed by atoms with van der Waals surface area (Å²) in [4.78, 5) is 24.9. The third-order valence-corrected chi connectivity index (χ3v) is 1.63. The summed E-state index contributed by atoms with van der Waals surface area (Å²) in [6, 6.07) is 1.14. The molecule has 1 rings (SSSR count). The molecule has 0 spiro atoms. The highest BCUT2D eigenvalue weighted by atomic mass is 19.1. The first-order chi connectivity index (χ1) is 7.54. The Morgan fingerprint density at radius 3 is 2.81 bits per heavy atom. The van der Waals surface area contributed by atoms with Crippen molar-refractivity contribution in [3.63, 3.8) is 0 Å². The monoisotopic (exact) mass is 228 g/mol. The van der Waals surface area contributed by atoms with Crippen LogP contribution in [0.2, 0.25) is 0 Å². The number of aromatic nitrogens is 1. The van der Waals surface area contributed by atoms with E-state index in [9.17, 15) is 14.0 Å². The topological polar surface area (TPSA) is 91.5 Å². The molecule has 0 saturated carbocycles. The first-order valence-corrected chi connectivity index (χ1v) is 4.22. The first-order valence-electron chi connectivity index (χ1n) is 4.22. The van der Waals surface area contributed by atoms with Gasteiger partial charge in [-0.15, -0.1) is 0 Å². The molecule has 0 atom stereocenters. The number of rotatable bonds is 3. The molecular weight excluding hydrogens is 219 g/mol. The van der Waals surface area contributed by atoms with Gasteiger partial charge < -0.3 is 15.2 Å². The zero-order valence-electron chi connectivity index (χ0n) is 8.40. The van der Waals surface area contributed by atoms with E-state index in [1.54, 1.807) is 0 Å². The van der Waals surface area contributed by atoms with Gasteiger partial charge in [-0.1, -0.05) is 0 Å². The molecule has 1 amide bonds. The van der Waals surface area contributed by atoms with Gasteiger partial charge in [0.25, 0.3) is 0 Å². The lowest BCUT2D eigenvalue weighted by molar-refractivity contribution is -0.117. The maximum atomic E-state index is 13.5. The van der Waals surface area contributed by atoms with Gasteiger partial charge in [-0.2, -0.15) is 0 Å². The van der Waals surface area contributed by atoms with E-state index < -0.39 is 17.9 Å². The van der Waals surface area contributed by atoms with Gasteiger partial charge in [-0.3, -0.25) is 9.78 Å². The molecule has 0 fully saturated rings. The van der Waals surface area contributed by atoms with Gasteiger partial charge in [0.2, 0.25) is 5.91 Å². The number of nitrogens with zero attached hydrogens (tertiary/aromatic N) is 1. The van der Waals surface area contributed by atoms with Crippen molar-refractivity contribution in [1.29, 1.82) is 0 Å². The number of hydrogen-bond donors (Lipinski definition) is 1. The lowest BCUT2D eigenvalue weighted by atomic mass is 10.2. The van der Waals surface area contributed by atoms with Crippen LogP contribution in [0.1, 0.15) is 5.69 Å². The summed E-state index contributed by atoms with van der Waals surface area (Å²) in [5.41, 5.74) is 4.71. The van der Waals surface area contributed by atoms with E-state index in [2.05, 4.69) is 14.5 Å². The van der Waals surface area contributed by atoms with Gasteiger partial charge >= 0.3 is 6.16 Å². The minimum Gasteiger partial charge on any atom is -0.437 e. The molecule has 6 nitrogen and oxygen atoms in total. The summed E-state index contributed by atoms with van der Waals surface area (Å²) in [7, 11) is 1.09. The molecule has 0 aliphatic heterocycles. The number of pyridine rings is 1. The second-order valence-corrected chi connectivity index (χ2v) is 2.77. The van der Waals surface area contributed by atoms with Gasteiger partial charge in [0.1, 0.15) is 0 Å². The number of amides is 1. The molecule has 7 heteroatoms. The van der Waals surface area contributed by atoms with Crippen LogP contribution in [0.15, 0.2) is 12.3 Å². The molecule has 2 N–H and O–H groups in total. The van der Waals surface area contributed by atoms with Crippen LogP contribution in [0.5, 0.6) is 5.75 Å². The summed E-state index contributed by atoms with van der Waals surface area (Å²) in [6.45, 7) is 0. The third-order valence-electron chi connectivity index (χ3n) is 1.63. The molecule has 0 unspecified atom stereocenters. The van der Waals surface area contributed by atoms with Crippen molar-refractivity contribution in [2.75, 3.05) is 7.11 Å². The van der Waals surface area contributed by atoms with Gasteiger partial charge in [-0.05, 0) is 0 Å². The molecule has 86 valence electrons. The lowest BCUT2D eigenvalue weighted by Crippen LogP contribution is -2.16. The van der Waals surface area contributed by atoms with Crippen molar-refractivity contribution in [3.8, 4) is 5.75 Å². The van der Waals surface area contributed by atoms with Crippen LogP contribution in [-0.2, 0) is 16.0 Å². The molecule has 0 aliphatic rings. The number of halogens is 1. The average molecular weight is 228 g/mol. The van der Waals surface area contributed by atoms with Gasteiger partial charge in [0, 0.05) is 12.3 Å². The van der Waals surface area contributed by atoms with Gasteiger partial charge in [0.15, 0.2) is 11.6 Å². The molecule has 0 radical (unpaired) electrons. The van der Waals surface area contributed by atoms with Crippen molar-refractivity contribution < 1.29 is 23.5 Å². The quantitative estimate of drug-likeness (QED) is 0.755. The molecule has 16 heavy (non-hydrogen) atoms. The minimum absolute atomic E-state index is 0.186. The first kappa shape index (κ1) is 11.9. The zero-order valence-corrected chi connectivity index (χ0v) is 8.40. The van der Waals surface area contributed by atoms with E-state index in [-0.39, 0.29) is 17.9 Å². The molecular formula is C9H9FN2O4. The summed E-state index contributed by atoms with van der Waals surface area (Å²) in [6.07, 6.45) is -0.237. The summed E-state index contributed by atoms with van der Waals surface area (Å²) < 4.78 is 22.2. The summed E-state index contributed by atoms with van der Waals surface area (Å²) in [5, 5.41) is 0. The Bertz CT molecular complexity index is 422. The minimum atomic E-state index is -1.06. The summed E-state index contributed by atoms with van der Waals surface area (Å²) in [5.74, 6) is -2.01. The number of carbonyl (C=O) groups excluding carboxylic acids is 2. The van der Waals surface area contributed by atoms with Gasteiger partial charge in [-0.25, -0.2) is 9.18 Å². The van der Waals surface area contributed by atoms with Crippen LogP contribution in [0.25, 0.3) is 0 Å². The predicted octanol–water partition coefficient (Wildman–Crippen LogP) is 0.394. The van der Waals surface area contributed by atoms with Crippen LogP contribution < -0.4 is 10.5 Å². The molecule has 1 aromatic rings. The van der Waals surface area contributed by atoms with Crippen LogP contribution >= 0.6 is 0 Å². The normalized spacial score (nSPS) is 9.62. The van der Waals surface area contributed by atoms with E-state index in [1.165, 1.54) is 6.20 Å². The molecule has 0 aromatic carbocycles. The fraction of sp³-hybridized carbons (Fsp3) is 0.222. The van der Waals surface area contributed by atoms with Crippen molar-refractivity contribution in [2.24, 2.45) is 5.73 Å².